The van der Waals surface area contributed by atoms with Gasteiger partial charge in [-0.1, -0.05) is 91.0 Å². The van der Waals surface area contributed by atoms with Crippen molar-refractivity contribution in [2.45, 2.75) is 0 Å². The van der Waals surface area contributed by atoms with E-state index in [1.165, 1.54) is 20.2 Å². The molecule has 0 atom stereocenters. The zero-order valence-corrected chi connectivity index (χ0v) is 27.7. The van der Waals surface area contributed by atoms with E-state index in [1.807, 2.05) is 47.7 Å². The molecule has 0 bridgehead atoms. The Balaban J connectivity index is 1.14. The van der Waals surface area contributed by atoms with Crippen LogP contribution < -0.4 is 4.90 Å². The predicted molar refractivity (Wildman–Crippen MR) is 209 cm³/mol. The molecule has 0 unspecified atom stereocenters. The number of thiophene rings is 1. The number of hydrogen-bond acceptors (Lipinski definition) is 4. The van der Waals surface area contributed by atoms with Crippen molar-refractivity contribution in [1.82, 2.24) is 0 Å². The van der Waals surface area contributed by atoms with Crippen molar-refractivity contribution in [1.29, 1.82) is 10.5 Å². The molecule has 0 amide bonds. The molecule has 0 aliphatic carbocycles. The molecule has 0 aliphatic heterocycles. The van der Waals surface area contributed by atoms with Gasteiger partial charge in [0, 0.05) is 26.8 Å². The minimum absolute atomic E-state index is 0.670. The van der Waals surface area contributed by atoms with Crippen molar-refractivity contribution < 1.29 is 0 Å². The average molecular weight is 654 g/mol. The summed E-state index contributed by atoms with van der Waals surface area (Å²) in [6, 6.07) is 61.8. The summed E-state index contributed by atoms with van der Waals surface area (Å²) in [5.74, 6) is 0. The molecule has 0 fully saturated rings. The molecule has 232 valence electrons. The van der Waals surface area contributed by atoms with Crippen LogP contribution in [0.1, 0.15) is 11.1 Å². The lowest BCUT2D eigenvalue weighted by atomic mass is 9.99. The highest BCUT2D eigenvalue weighted by atomic mass is 32.1. The summed E-state index contributed by atoms with van der Waals surface area (Å²) in [6.45, 7) is 0. The van der Waals surface area contributed by atoms with Crippen molar-refractivity contribution in [2.75, 3.05) is 4.90 Å². The molecular formula is C46H27N3S. The summed E-state index contributed by atoms with van der Waals surface area (Å²) in [5, 5.41) is 25.5. The smallest absolute Gasteiger partial charge is 0.0991 e. The van der Waals surface area contributed by atoms with Gasteiger partial charge >= 0.3 is 0 Å². The predicted octanol–water partition coefficient (Wildman–Crippen LogP) is 12.9. The van der Waals surface area contributed by atoms with Gasteiger partial charge in [0.05, 0.1) is 33.7 Å². The molecular weight excluding hydrogens is 627 g/mol. The molecule has 1 aromatic heterocycles. The van der Waals surface area contributed by atoms with Crippen molar-refractivity contribution in [2.24, 2.45) is 0 Å². The van der Waals surface area contributed by atoms with Gasteiger partial charge in [-0.05, 0) is 117 Å². The second kappa shape index (κ2) is 12.1. The van der Waals surface area contributed by atoms with E-state index in [9.17, 15) is 10.5 Å². The van der Waals surface area contributed by atoms with Gasteiger partial charge in [-0.3, -0.25) is 0 Å². The van der Waals surface area contributed by atoms with E-state index in [-0.39, 0.29) is 0 Å². The van der Waals surface area contributed by atoms with Gasteiger partial charge in [-0.25, -0.2) is 0 Å². The number of nitriles is 2. The molecule has 3 nitrogen and oxygen atoms in total. The first-order valence-corrected chi connectivity index (χ1v) is 17.3. The van der Waals surface area contributed by atoms with Crippen LogP contribution in [0.2, 0.25) is 0 Å². The van der Waals surface area contributed by atoms with E-state index in [4.69, 9.17) is 0 Å². The lowest BCUT2D eigenvalue weighted by Gasteiger charge is -2.26. The first kappa shape index (κ1) is 29.4. The number of rotatable bonds is 5. The van der Waals surface area contributed by atoms with Crippen molar-refractivity contribution in [3.8, 4) is 34.4 Å². The van der Waals surface area contributed by atoms with Gasteiger partial charge in [0.2, 0.25) is 0 Å². The number of benzene rings is 8. The molecule has 50 heavy (non-hydrogen) atoms. The van der Waals surface area contributed by atoms with E-state index in [1.54, 1.807) is 0 Å². The highest BCUT2D eigenvalue weighted by Crippen LogP contribution is 2.45. The molecule has 8 aromatic carbocycles. The summed E-state index contributed by atoms with van der Waals surface area (Å²) in [6.07, 6.45) is 0. The quantitative estimate of drug-likeness (QED) is 0.186. The van der Waals surface area contributed by atoms with Gasteiger partial charge in [0.15, 0.2) is 0 Å². The molecule has 9 rings (SSSR count). The Morgan fingerprint density at radius 1 is 0.420 bits per heavy atom. The lowest BCUT2D eigenvalue weighted by Crippen LogP contribution is -2.10. The van der Waals surface area contributed by atoms with Crippen LogP contribution in [-0.2, 0) is 0 Å². The van der Waals surface area contributed by atoms with Crippen LogP contribution in [0, 0.1) is 22.7 Å². The highest BCUT2D eigenvalue weighted by Gasteiger charge is 2.18. The lowest BCUT2D eigenvalue weighted by molar-refractivity contribution is 1.30. The van der Waals surface area contributed by atoms with Crippen LogP contribution in [-0.4, -0.2) is 0 Å². The Kier molecular flexibility index (Phi) is 7.10. The van der Waals surface area contributed by atoms with E-state index < -0.39 is 0 Å². The van der Waals surface area contributed by atoms with Gasteiger partial charge in [-0.2, -0.15) is 10.5 Å². The van der Waals surface area contributed by atoms with Crippen LogP contribution in [0.5, 0.6) is 0 Å². The third-order valence-electron chi connectivity index (χ3n) is 9.48. The third-order valence-corrected chi connectivity index (χ3v) is 10.7. The summed E-state index contributed by atoms with van der Waals surface area (Å²) in [5.41, 5.74) is 9.16. The summed E-state index contributed by atoms with van der Waals surface area (Å²) >= 11 is 1.83. The van der Waals surface area contributed by atoms with Crippen molar-refractivity contribution in [3.05, 3.63) is 175 Å². The molecule has 0 spiro atoms. The first-order valence-electron chi connectivity index (χ1n) is 16.4. The fourth-order valence-corrected chi connectivity index (χ4v) is 8.14. The largest absolute Gasteiger partial charge is 0.309 e. The van der Waals surface area contributed by atoms with Crippen LogP contribution in [0.3, 0.4) is 0 Å². The maximum Gasteiger partial charge on any atom is 0.0991 e. The number of fused-ring (bicyclic) bond motifs is 5. The van der Waals surface area contributed by atoms with Crippen molar-refractivity contribution >= 4 is 70.1 Å². The molecule has 0 N–H and O–H groups in total. The Labute approximate surface area is 293 Å². The van der Waals surface area contributed by atoms with Crippen molar-refractivity contribution in [3.63, 3.8) is 0 Å². The maximum absolute atomic E-state index is 9.31. The second-order valence-corrected chi connectivity index (χ2v) is 13.5. The maximum atomic E-state index is 9.31. The fourth-order valence-electron chi connectivity index (χ4n) is 6.93. The summed E-state index contributed by atoms with van der Waals surface area (Å²) in [7, 11) is 0. The fraction of sp³-hybridized carbons (Fsp3) is 0. The van der Waals surface area contributed by atoms with Crippen LogP contribution in [0.15, 0.2) is 164 Å². The Hall–Kier alpha value is -6.72. The molecule has 4 heteroatoms. The molecule has 0 radical (unpaired) electrons. The highest BCUT2D eigenvalue weighted by molar-refractivity contribution is 7.26. The Morgan fingerprint density at radius 3 is 1.46 bits per heavy atom. The van der Waals surface area contributed by atoms with E-state index in [0.717, 1.165) is 60.9 Å². The SMILES string of the molecule is N#Cc1ccc2cc(-c3ccc(N(c4ccc(-c5ccc6cc(C#N)ccc6c5)cc4)c4cccc5c4sc4ccccc45)cc3)ccc2c1. The molecule has 0 aliphatic rings. The van der Waals surface area contributed by atoms with E-state index in [0.29, 0.717) is 11.1 Å². The van der Waals surface area contributed by atoms with E-state index in [2.05, 4.69) is 144 Å². The number of anilines is 3. The first-order chi connectivity index (χ1) is 24.6. The number of hydrogen-bond donors (Lipinski definition) is 0. The summed E-state index contributed by atoms with van der Waals surface area (Å²) in [4.78, 5) is 2.36. The molecule has 1 heterocycles. The topological polar surface area (TPSA) is 50.8 Å². The zero-order valence-electron chi connectivity index (χ0n) is 26.8. The molecule has 9 aromatic rings. The summed E-state index contributed by atoms with van der Waals surface area (Å²) < 4.78 is 2.52. The van der Waals surface area contributed by atoms with Crippen LogP contribution in [0.4, 0.5) is 17.1 Å². The second-order valence-electron chi connectivity index (χ2n) is 12.5. The van der Waals surface area contributed by atoms with Gasteiger partial charge in [-0.15, -0.1) is 11.3 Å². The van der Waals surface area contributed by atoms with Crippen LogP contribution >= 0.6 is 11.3 Å². The molecule has 0 saturated heterocycles. The van der Waals surface area contributed by atoms with Gasteiger partial charge in [0.25, 0.3) is 0 Å². The third kappa shape index (κ3) is 5.13. The van der Waals surface area contributed by atoms with Gasteiger partial charge < -0.3 is 4.90 Å². The minimum Gasteiger partial charge on any atom is -0.309 e. The standard InChI is InChI=1S/C46H27N3S/c47-28-30-8-10-38-26-36(14-12-34(38)24-30)32-16-20-40(21-17-32)49(44-6-3-5-43-42-4-1-2-7-45(42)50-46(43)44)41-22-18-33(19-23-41)37-15-13-35-25-31(29-48)9-11-39(35)27-37/h1-27H. The van der Waals surface area contributed by atoms with E-state index >= 15 is 0 Å². The monoisotopic (exact) mass is 653 g/mol. The number of nitrogens with zero attached hydrogens (tertiary/aromatic N) is 3. The minimum atomic E-state index is 0.670. The average Bonchev–Trinajstić information content (AvgIpc) is 3.57. The van der Waals surface area contributed by atoms with Gasteiger partial charge in [0.1, 0.15) is 0 Å². The molecule has 0 saturated carbocycles. The zero-order chi connectivity index (χ0) is 33.6. The van der Waals surface area contributed by atoms with Crippen LogP contribution in [0.25, 0.3) is 64.0 Å². The normalized spacial score (nSPS) is 11.2. The Bertz CT molecular complexity index is 2690. The Morgan fingerprint density at radius 2 is 0.900 bits per heavy atom.